The molecule has 16 heavy (non-hydrogen) atoms. The van der Waals surface area contributed by atoms with Gasteiger partial charge in [-0.25, -0.2) is 4.39 Å². The second-order valence-electron chi connectivity index (χ2n) is 3.55. The fourth-order valence-electron chi connectivity index (χ4n) is 1.40. The smallest absolute Gasteiger partial charge is 0.165 e. The third kappa shape index (κ3) is 4.34. The molecule has 0 saturated heterocycles. The van der Waals surface area contributed by atoms with Crippen molar-refractivity contribution in [2.24, 2.45) is 0 Å². The number of benzene rings is 1. The van der Waals surface area contributed by atoms with Crippen molar-refractivity contribution in [2.75, 3.05) is 5.33 Å². The van der Waals surface area contributed by atoms with Crippen molar-refractivity contribution in [2.45, 2.75) is 25.7 Å². The molecular weight excluding hydrogens is 339 g/mol. The van der Waals surface area contributed by atoms with Crippen LogP contribution in [0.2, 0.25) is 0 Å². The average Bonchev–Trinajstić information content (AvgIpc) is 2.27. The zero-order valence-electron chi connectivity index (χ0n) is 8.81. The molecule has 0 aliphatic rings. The van der Waals surface area contributed by atoms with Gasteiger partial charge in [0.2, 0.25) is 0 Å². The molecule has 1 aromatic rings. The van der Waals surface area contributed by atoms with Crippen LogP contribution < -0.4 is 0 Å². The largest absolute Gasteiger partial charge is 0.294 e. The highest BCUT2D eigenvalue weighted by Crippen LogP contribution is 2.18. The van der Waals surface area contributed by atoms with E-state index in [1.807, 2.05) is 0 Å². The predicted octanol–water partition coefficient (Wildman–Crippen LogP) is 4.73. The average molecular weight is 352 g/mol. The molecule has 0 heterocycles. The zero-order chi connectivity index (χ0) is 12.0. The zero-order valence-corrected chi connectivity index (χ0v) is 12.0. The Hall–Kier alpha value is -0.220. The second kappa shape index (κ2) is 7.17. The van der Waals surface area contributed by atoms with Gasteiger partial charge in [0.25, 0.3) is 0 Å². The Labute approximate surface area is 112 Å². The van der Waals surface area contributed by atoms with E-state index in [9.17, 15) is 9.18 Å². The Kier molecular flexibility index (Phi) is 6.21. The number of unbranched alkanes of at least 4 members (excludes halogenated alkanes) is 2. The van der Waals surface area contributed by atoms with E-state index in [2.05, 4.69) is 31.9 Å². The minimum atomic E-state index is -0.436. The van der Waals surface area contributed by atoms with Gasteiger partial charge < -0.3 is 0 Å². The van der Waals surface area contributed by atoms with Crippen molar-refractivity contribution in [3.63, 3.8) is 0 Å². The third-order valence-electron chi connectivity index (χ3n) is 2.27. The van der Waals surface area contributed by atoms with E-state index in [4.69, 9.17) is 0 Å². The standard InChI is InChI=1S/C12H13Br2FO/c13-7-3-1-2-4-12(16)10-8-9(14)5-6-11(10)15/h5-6,8H,1-4,7H2. The highest BCUT2D eigenvalue weighted by molar-refractivity contribution is 9.10. The molecule has 1 nitrogen and oxygen atoms in total. The molecule has 0 bridgehead atoms. The number of rotatable bonds is 6. The molecule has 1 rings (SSSR count). The lowest BCUT2D eigenvalue weighted by atomic mass is 10.0. The molecule has 0 aliphatic heterocycles. The lowest BCUT2D eigenvalue weighted by Gasteiger charge is -2.03. The lowest BCUT2D eigenvalue weighted by Crippen LogP contribution is -2.02. The molecule has 0 amide bonds. The molecule has 0 aliphatic carbocycles. The quantitative estimate of drug-likeness (QED) is 0.411. The molecule has 0 fully saturated rings. The van der Waals surface area contributed by atoms with E-state index >= 15 is 0 Å². The number of alkyl halides is 1. The lowest BCUT2D eigenvalue weighted by molar-refractivity contribution is 0.0975. The first kappa shape index (κ1) is 13.8. The van der Waals surface area contributed by atoms with Gasteiger partial charge in [-0.3, -0.25) is 4.79 Å². The van der Waals surface area contributed by atoms with E-state index in [1.54, 1.807) is 12.1 Å². The highest BCUT2D eigenvalue weighted by atomic mass is 79.9. The first-order chi connectivity index (χ1) is 7.65. The van der Waals surface area contributed by atoms with Crippen LogP contribution in [-0.2, 0) is 0 Å². The number of ketones is 1. The van der Waals surface area contributed by atoms with Gasteiger partial charge in [0, 0.05) is 16.2 Å². The summed E-state index contributed by atoms with van der Waals surface area (Å²) < 4.78 is 14.1. The Bertz CT molecular complexity index is 366. The van der Waals surface area contributed by atoms with Gasteiger partial charge in [0.05, 0.1) is 5.56 Å². The summed E-state index contributed by atoms with van der Waals surface area (Å²) in [7, 11) is 0. The van der Waals surface area contributed by atoms with E-state index < -0.39 is 5.82 Å². The molecule has 0 atom stereocenters. The summed E-state index contributed by atoms with van der Waals surface area (Å²) in [6, 6.07) is 4.45. The van der Waals surface area contributed by atoms with Crippen LogP contribution in [0, 0.1) is 5.82 Å². The van der Waals surface area contributed by atoms with Crippen molar-refractivity contribution in [3.8, 4) is 0 Å². The number of hydrogen-bond donors (Lipinski definition) is 0. The monoisotopic (exact) mass is 350 g/mol. The Morgan fingerprint density at radius 1 is 1.25 bits per heavy atom. The number of carbonyl (C=O) groups is 1. The van der Waals surface area contributed by atoms with Gasteiger partial charge in [-0.05, 0) is 31.0 Å². The Balaban J connectivity index is 2.55. The Morgan fingerprint density at radius 2 is 2.00 bits per heavy atom. The predicted molar refractivity (Wildman–Crippen MR) is 70.7 cm³/mol. The second-order valence-corrected chi connectivity index (χ2v) is 5.26. The molecule has 0 saturated carbocycles. The normalized spacial score (nSPS) is 10.4. The minimum absolute atomic E-state index is 0.117. The van der Waals surface area contributed by atoms with Crippen LogP contribution in [0.4, 0.5) is 4.39 Å². The maximum Gasteiger partial charge on any atom is 0.165 e. The maximum absolute atomic E-state index is 13.3. The summed E-state index contributed by atoms with van der Waals surface area (Å²) in [6.45, 7) is 0. The van der Waals surface area contributed by atoms with E-state index in [1.165, 1.54) is 6.07 Å². The van der Waals surface area contributed by atoms with Crippen LogP contribution in [0.15, 0.2) is 22.7 Å². The Morgan fingerprint density at radius 3 is 2.69 bits per heavy atom. The summed E-state index contributed by atoms with van der Waals surface area (Å²) in [4.78, 5) is 11.7. The first-order valence-corrected chi connectivity index (χ1v) is 7.11. The maximum atomic E-state index is 13.3. The van der Waals surface area contributed by atoms with Gasteiger partial charge in [0.15, 0.2) is 5.78 Å². The molecule has 0 N–H and O–H groups in total. The van der Waals surface area contributed by atoms with Gasteiger partial charge in [-0.15, -0.1) is 0 Å². The van der Waals surface area contributed by atoms with Crippen LogP contribution in [0.5, 0.6) is 0 Å². The van der Waals surface area contributed by atoms with Crippen molar-refractivity contribution >= 4 is 37.6 Å². The van der Waals surface area contributed by atoms with E-state index in [-0.39, 0.29) is 11.3 Å². The summed E-state index contributed by atoms with van der Waals surface area (Å²) in [5.41, 5.74) is 0.188. The van der Waals surface area contributed by atoms with Gasteiger partial charge in [-0.2, -0.15) is 0 Å². The van der Waals surface area contributed by atoms with Crippen LogP contribution in [0.3, 0.4) is 0 Å². The number of halogens is 3. The van der Waals surface area contributed by atoms with Gasteiger partial charge >= 0.3 is 0 Å². The summed E-state index contributed by atoms with van der Waals surface area (Å²) in [5.74, 6) is -0.554. The van der Waals surface area contributed by atoms with Crippen LogP contribution in [0.1, 0.15) is 36.0 Å². The number of Topliss-reactive ketones (excluding diaryl/α,β-unsaturated/α-hetero) is 1. The first-order valence-electron chi connectivity index (χ1n) is 5.19. The molecule has 0 unspecified atom stereocenters. The van der Waals surface area contributed by atoms with E-state index in [0.29, 0.717) is 6.42 Å². The fourth-order valence-corrected chi connectivity index (χ4v) is 2.16. The molecule has 1 aromatic carbocycles. The van der Waals surface area contributed by atoms with Crippen molar-refractivity contribution in [3.05, 3.63) is 34.1 Å². The molecule has 4 heteroatoms. The summed E-state index contributed by atoms with van der Waals surface area (Å²) in [6.07, 6.45) is 3.28. The summed E-state index contributed by atoms with van der Waals surface area (Å²) in [5, 5.41) is 0.951. The van der Waals surface area contributed by atoms with Crippen LogP contribution >= 0.6 is 31.9 Å². The number of carbonyl (C=O) groups excluding carboxylic acids is 1. The molecule has 0 radical (unpaired) electrons. The highest BCUT2D eigenvalue weighted by Gasteiger charge is 2.11. The molecular formula is C12H13Br2FO. The van der Waals surface area contributed by atoms with Crippen LogP contribution in [0.25, 0.3) is 0 Å². The summed E-state index contributed by atoms with van der Waals surface area (Å²) >= 11 is 6.56. The minimum Gasteiger partial charge on any atom is -0.294 e. The third-order valence-corrected chi connectivity index (χ3v) is 3.32. The number of hydrogen-bond acceptors (Lipinski definition) is 1. The van der Waals surface area contributed by atoms with Crippen molar-refractivity contribution in [1.82, 2.24) is 0 Å². The van der Waals surface area contributed by atoms with Crippen molar-refractivity contribution < 1.29 is 9.18 Å². The molecule has 0 spiro atoms. The van der Waals surface area contributed by atoms with Crippen LogP contribution in [-0.4, -0.2) is 11.1 Å². The van der Waals surface area contributed by atoms with Gasteiger partial charge in [-0.1, -0.05) is 38.3 Å². The molecule has 0 aromatic heterocycles. The SMILES string of the molecule is O=C(CCCCCBr)c1cc(Br)ccc1F. The fraction of sp³-hybridized carbons (Fsp3) is 0.417. The topological polar surface area (TPSA) is 17.1 Å². The molecule has 88 valence electrons. The van der Waals surface area contributed by atoms with Crippen molar-refractivity contribution in [1.29, 1.82) is 0 Å². The van der Waals surface area contributed by atoms with E-state index in [0.717, 1.165) is 29.1 Å². The van der Waals surface area contributed by atoms with Gasteiger partial charge in [0.1, 0.15) is 5.82 Å².